The van der Waals surface area contributed by atoms with Crippen molar-refractivity contribution in [3.63, 3.8) is 0 Å². The van der Waals surface area contributed by atoms with Crippen LogP contribution in [0.1, 0.15) is 15.9 Å². The summed E-state index contributed by atoms with van der Waals surface area (Å²) in [6.07, 6.45) is 1.56. The minimum absolute atomic E-state index is 0.226. The lowest BCUT2D eigenvalue weighted by atomic mass is 10.2. The molecular weight excluding hydrogens is 294 g/mol. The average molecular weight is 306 g/mol. The lowest BCUT2D eigenvalue weighted by Gasteiger charge is -2.07. The van der Waals surface area contributed by atoms with Crippen molar-refractivity contribution in [2.45, 2.75) is 6.54 Å². The number of amides is 1. The zero-order valence-corrected chi connectivity index (χ0v) is 11.1. The second-order valence-electron chi connectivity index (χ2n) is 3.75. The van der Waals surface area contributed by atoms with Crippen LogP contribution in [0.4, 0.5) is 5.82 Å². The highest BCUT2D eigenvalue weighted by atomic mass is 79.9. The summed E-state index contributed by atoms with van der Waals surface area (Å²) in [5, 5.41) is 2.80. The van der Waals surface area contributed by atoms with Gasteiger partial charge in [0.15, 0.2) is 0 Å². The summed E-state index contributed by atoms with van der Waals surface area (Å²) in [5.74, 6) is -0.00563. The standard InChI is InChI=1S/C13H12BrN3O/c14-10-6-11(12(15)16-8-10)13(18)17-7-9-4-2-1-3-5-9/h1-6,8H,7H2,(H2,15,16)(H,17,18). The average Bonchev–Trinajstić information content (AvgIpc) is 2.40. The summed E-state index contributed by atoms with van der Waals surface area (Å²) in [6, 6.07) is 11.3. The van der Waals surface area contributed by atoms with Gasteiger partial charge < -0.3 is 11.1 Å². The number of benzene rings is 1. The molecule has 0 aliphatic heterocycles. The smallest absolute Gasteiger partial charge is 0.255 e. The second kappa shape index (κ2) is 5.64. The van der Waals surface area contributed by atoms with Gasteiger partial charge >= 0.3 is 0 Å². The minimum atomic E-state index is -0.231. The van der Waals surface area contributed by atoms with Crippen LogP contribution in [-0.2, 0) is 6.54 Å². The van der Waals surface area contributed by atoms with E-state index in [1.165, 1.54) is 0 Å². The van der Waals surface area contributed by atoms with Crippen LogP contribution in [0.15, 0.2) is 47.1 Å². The van der Waals surface area contributed by atoms with Gasteiger partial charge in [-0.25, -0.2) is 4.98 Å². The molecule has 0 bridgehead atoms. The lowest BCUT2D eigenvalue weighted by molar-refractivity contribution is 0.0951. The number of nitrogens with one attached hydrogen (secondary N) is 1. The van der Waals surface area contributed by atoms with E-state index in [0.717, 1.165) is 10.0 Å². The van der Waals surface area contributed by atoms with Crippen LogP contribution in [0.25, 0.3) is 0 Å². The Morgan fingerprint density at radius 2 is 2.06 bits per heavy atom. The van der Waals surface area contributed by atoms with Crippen LogP contribution < -0.4 is 11.1 Å². The minimum Gasteiger partial charge on any atom is -0.383 e. The maximum atomic E-state index is 11.9. The molecule has 0 unspecified atom stereocenters. The summed E-state index contributed by atoms with van der Waals surface area (Å²) >= 11 is 3.26. The highest BCUT2D eigenvalue weighted by Gasteiger charge is 2.10. The van der Waals surface area contributed by atoms with Gasteiger partial charge in [-0.15, -0.1) is 0 Å². The Morgan fingerprint density at radius 3 is 2.78 bits per heavy atom. The Morgan fingerprint density at radius 1 is 1.33 bits per heavy atom. The number of hydrogen-bond acceptors (Lipinski definition) is 3. The zero-order valence-electron chi connectivity index (χ0n) is 9.56. The van der Waals surface area contributed by atoms with Gasteiger partial charge in [-0.05, 0) is 27.6 Å². The number of nitrogens with zero attached hydrogens (tertiary/aromatic N) is 1. The third-order valence-electron chi connectivity index (χ3n) is 2.43. The Hall–Kier alpha value is -1.88. The first-order chi connectivity index (χ1) is 8.66. The second-order valence-corrected chi connectivity index (χ2v) is 4.67. The van der Waals surface area contributed by atoms with Gasteiger partial charge in [-0.3, -0.25) is 4.79 Å². The van der Waals surface area contributed by atoms with Gasteiger partial charge in [-0.2, -0.15) is 0 Å². The maximum absolute atomic E-state index is 11.9. The van der Waals surface area contributed by atoms with Crippen molar-refractivity contribution in [3.8, 4) is 0 Å². The van der Waals surface area contributed by atoms with Gasteiger partial charge in [0, 0.05) is 17.2 Å². The molecule has 0 fully saturated rings. The molecular formula is C13H12BrN3O. The molecule has 2 rings (SSSR count). The van der Waals surface area contributed by atoms with Crippen LogP contribution >= 0.6 is 15.9 Å². The van der Waals surface area contributed by atoms with E-state index in [1.54, 1.807) is 12.3 Å². The molecule has 5 heteroatoms. The predicted octanol–water partition coefficient (Wildman–Crippen LogP) is 2.36. The molecule has 0 atom stereocenters. The molecule has 18 heavy (non-hydrogen) atoms. The monoisotopic (exact) mass is 305 g/mol. The number of halogens is 1. The van der Waals surface area contributed by atoms with E-state index < -0.39 is 0 Å². The first-order valence-corrected chi connectivity index (χ1v) is 6.19. The SMILES string of the molecule is Nc1ncc(Br)cc1C(=O)NCc1ccccc1. The van der Waals surface area contributed by atoms with Crippen LogP contribution in [0.2, 0.25) is 0 Å². The number of hydrogen-bond donors (Lipinski definition) is 2. The molecule has 0 saturated heterocycles. The molecule has 1 heterocycles. The van der Waals surface area contributed by atoms with E-state index in [4.69, 9.17) is 5.73 Å². The summed E-state index contributed by atoms with van der Waals surface area (Å²) in [7, 11) is 0. The quantitative estimate of drug-likeness (QED) is 0.914. The zero-order chi connectivity index (χ0) is 13.0. The lowest BCUT2D eigenvalue weighted by Crippen LogP contribution is -2.24. The van der Waals surface area contributed by atoms with Crippen LogP contribution in [0.3, 0.4) is 0 Å². The molecule has 1 amide bonds. The number of anilines is 1. The topological polar surface area (TPSA) is 68.0 Å². The molecule has 2 aromatic rings. The van der Waals surface area contributed by atoms with Crippen molar-refractivity contribution in [1.29, 1.82) is 0 Å². The van der Waals surface area contributed by atoms with Gasteiger partial charge in [0.05, 0.1) is 5.56 Å². The first-order valence-electron chi connectivity index (χ1n) is 5.40. The fourth-order valence-corrected chi connectivity index (χ4v) is 1.84. The molecule has 4 nitrogen and oxygen atoms in total. The molecule has 1 aromatic heterocycles. The number of carbonyl (C=O) groups excluding carboxylic acids is 1. The third kappa shape index (κ3) is 3.07. The fourth-order valence-electron chi connectivity index (χ4n) is 1.51. The predicted molar refractivity (Wildman–Crippen MR) is 74.0 cm³/mol. The molecule has 0 radical (unpaired) electrons. The van der Waals surface area contributed by atoms with Crippen molar-refractivity contribution in [2.24, 2.45) is 0 Å². The van der Waals surface area contributed by atoms with E-state index in [1.807, 2.05) is 30.3 Å². The van der Waals surface area contributed by atoms with E-state index >= 15 is 0 Å². The Bertz CT molecular complexity index is 557. The van der Waals surface area contributed by atoms with Crippen molar-refractivity contribution in [2.75, 3.05) is 5.73 Å². The number of nitrogens with two attached hydrogens (primary N) is 1. The molecule has 0 aliphatic carbocycles. The summed E-state index contributed by atoms with van der Waals surface area (Å²) in [5.41, 5.74) is 7.08. The Balaban J connectivity index is 2.06. The highest BCUT2D eigenvalue weighted by molar-refractivity contribution is 9.10. The fraction of sp³-hybridized carbons (Fsp3) is 0.0769. The number of nitrogen functional groups attached to an aromatic ring is 1. The van der Waals surface area contributed by atoms with Crippen LogP contribution in [-0.4, -0.2) is 10.9 Å². The van der Waals surface area contributed by atoms with Crippen molar-refractivity contribution in [3.05, 3.63) is 58.2 Å². The number of carbonyl (C=O) groups is 1. The van der Waals surface area contributed by atoms with E-state index in [2.05, 4.69) is 26.2 Å². The first kappa shape index (κ1) is 12.6. The number of rotatable bonds is 3. The van der Waals surface area contributed by atoms with Crippen LogP contribution in [0, 0.1) is 0 Å². The molecule has 0 aliphatic rings. The molecule has 3 N–H and O–H groups in total. The van der Waals surface area contributed by atoms with Crippen molar-refractivity contribution >= 4 is 27.7 Å². The molecule has 1 aromatic carbocycles. The van der Waals surface area contributed by atoms with E-state index in [9.17, 15) is 4.79 Å². The molecule has 0 saturated carbocycles. The van der Waals surface area contributed by atoms with Crippen molar-refractivity contribution in [1.82, 2.24) is 10.3 Å². The third-order valence-corrected chi connectivity index (χ3v) is 2.86. The summed E-state index contributed by atoms with van der Waals surface area (Å²) in [4.78, 5) is 15.9. The van der Waals surface area contributed by atoms with E-state index in [0.29, 0.717) is 12.1 Å². The van der Waals surface area contributed by atoms with Crippen molar-refractivity contribution < 1.29 is 4.79 Å². The summed E-state index contributed by atoms with van der Waals surface area (Å²) < 4.78 is 0.724. The van der Waals surface area contributed by atoms with Crippen LogP contribution in [0.5, 0.6) is 0 Å². The van der Waals surface area contributed by atoms with Gasteiger partial charge in [-0.1, -0.05) is 30.3 Å². The molecule has 0 spiro atoms. The number of aromatic nitrogens is 1. The maximum Gasteiger partial charge on any atom is 0.255 e. The Kier molecular flexibility index (Phi) is 3.94. The normalized spacial score (nSPS) is 10.1. The van der Waals surface area contributed by atoms with Gasteiger partial charge in [0.2, 0.25) is 0 Å². The van der Waals surface area contributed by atoms with Gasteiger partial charge in [0.1, 0.15) is 5.82 Å². The highest BCUT2D eigenvalue weighted by Crippen LogP contribution is 2.15. The van der Waals surface area contributed by atoms with Gasteiger partial charge in [0.25, 0.3) is 5.91 Å². The van der Waals surface area contributed by atoms with E-state index in [-0.39, 0.29) is 11.7 Å². The molecule has 92 valence electrons. The Labute approximate surface area is 113 Å². The largest absolute Gasteiger partial charge is 0.383 e. The number of pyridine rings is 1. The summed E-state index contributed by atoms with van der Waals surface area (Å²) in [6.45, 7) is 0.464.